The summed E-state index contributed by atoms with van der Waals surface area (Å²) in [6, 6.07) is 3.11. The van der Waals surface area contributed by atoms with Crippen LogP contribution < -0.4 is 0 Å². The van der Waals surface area contributed by atoms with E-state index in [-0.39, 0.29) is 52.7 Å². The number of aliphatic imine (C=N–C) groups is 1. The van der Waals surface area contributed by atoms with Crippen LogP contribution in [0, 0.1) is 0 Å². The van der Waals surface area contributed by atoms with E-state index in [1.807, 2.05) is 17.5 Å². The van der Waals surface area contributed by atoms with Crippen molar-refractivity contribution in [2.45, 2.75) is 24.4 Å². The van der Waals surface area contributed by atoms with Crippen LogP contribution in [0.3, 0.4) is 0 Å². The van der Waals surface area contributed by atoms with Crippen LogP contribution in [0.25, 0.3) is 0 Å². The van der Waals surface area contributed by atoms with Gasteiger partial charge in [0, 0.05) is 11.1 Å². The molecule has 9 heteroatoms. The molecule has 1 aliphatic rings. The van der Waals surface area contributed by atoms with Gasteiger partial charge < -0.3 is 20.4 Å². The topological polar surface area (TPSA) is 93.3 Å². The summed E-state index contributed by atoms with van der Waals surface area (Å²) in [5, 5.41) is 40.0. The average Bonchev–Trinajstić information content (AvgIpc) is 2.88. The zero-order chi connectivity index (χ0) is 13.1. The summed E-state index contributed by atoms with van der Waals surface area (Å²) in [5.74, 6) is 0. The number of hydrogen-bond acceptors (Lipinski definition) is 6. The van der Waals surface area contributed by atoms with Gasteiger partial charge in [-0.2, -0.15) is 40.5 Å². The summed E-state index contributed by atoms with van der Waals surface area (Å²) < 4.78 is 0. The van der Waals surface area contributed by atoms with Crippen molar-refractivity contribution in [3.8, 4) is 0 Å². The van der Waals surface area contributed by atoms with Crippen LogP contribution in [0.15, 0.2) is 34.2 Å². The molecule has 0 bridgehead atoms. The largest absolute Gasteiger partial charge is 0.392 e. The zero-order valence-electron chi connectivity index (χ0n) is 11.0. The summed E-state index contributed by atoms with van der Waals surface area (Å²) in [6.45, 7) is -0.365. The highest BCUT2D eigenvalue weighted by atomic mass is 32.1. The molecule has 0 spiro atoms. The number of aliphatic hydroxyl groups is 4. The first kappa shape index (κ1) is 23.3. The number of nitrogens with zero attached hydrogens (tertiary/aromatic N) is 1. The zero-order valence-corrected chi connectivity index (χ0v) is 14.9. The van der Waals surface area contributed by atoms with E-state index in [0.29, 0.717) is 0 Å². The summed E-state index contributed by atoms with van der Waals surface area (Å²) in [5.41, 5.74) is 0.279. The monoisotopic (exact) mass is 371 g/mol. The second-order valence-electron chi connectivity index (χ2n) is 4.11. The van der Waals surface area contributed by atoms with Crippen molar-refractivity contribution >= 4 is 58.0 Å². The van der Waals surface area contributed by atoms with Crippen LogP contribution in [0.2, 0.25) is 0 Å². The maximum absolute atomic E-state index is 9.80. The Hall–Kier alpha value is -0.000000000000000111. The van der Waals surface area contributed by atoms with Gasteiger partial charge in [0.05, 0.1) is 12.6 Å². The van der Waals surface area contributed by atoms with Crippen LogP contribution in [0.4, 0.5) is 0 Å². The molecule has 0 amide bonds. The molecule has 1 aromatic rings. The maximum atomic E-state index is 9.80. The van der Waals surface area contributed by atoms with E-state index < -0.39 is 24.4 Å². The number of rotatable bonds is 3. The molecule has 0 radical (unpaired) electrons. The van der Waals surface area contributed by atoms with Gasteiger partial charge in [-0.05, 0) is 17.0 Å². The second-order valence-corrected chi connectivity index (χ2v) is 5.09. The number of thiophene rings is 1. The molecular weight excluding hydrogens is 350 g/mol. The third-order valence-corrected chi connectivity index (χ3v) is 3.69. The molecule has 4 N–H and O–H groups in total. The van der Waals surface area contributed by atoms with Crippen molar-refractivity contribution in [2.75, 3.05) is 6.61 Å². The van der Waals surface area contributed by atoms with Gasteiger partial charge in [0.2, 0.25) is 0 Å². The van der Waals surface area contributed by atoms with Crippen molar-refractivity contribution in [1.29, 1.82) is 0 Å². The molecule has 1 aliphatic carbocycles. The lowest BCUT2D eigenvalue weighted by Crippen LogP contribution is -2.48. The quantitative estimate of drug-likeness (QED) is 0.441. The number of hydrogen-bond donors (Lipinski definition) is 4. The van der Waals surface area contributed by atoms with Gasteiger partial charge in [0.1, 0.15) is 18.3 Å². The van der Waals surface area contributed by atoms with Gasteiger partial charge in [-0.15, -0.1) is 11.3 Å². The highest BCUT2D eigenvalue weighted by Crippen LogP contribution is 2.22. The Balaban J connectivity index is 0. The Kier molecular flexibility index (Phi) is 11.8. The van der Waals surface area contributed by atoms with E-state index >= 15 is 0 Å². The Bertz CT molecular complexity index is 452. The van der Waals surface area contributed by atoms with Crippen molar-refractivity contribution in [1.82, 2.24) is 0 Å². The van der Waals surface area contributed by atoms with E-state index in [1.54, 1.807) is 6.21 Å². The molecule has 2 rings (SSSR count). The molecule has 5 nitrogen and oxygen atoms in total. The summed E-state index contributed by atoms with van der Waals surface area (Å²) in [6.07, 6.45) is -0.645. The Morgan fingerprint density at radius 2 is 1.81 bits per heavy atom. The molecule has 0 saturated heterocycles. The first-order chi connectivity index (χ1) is 8.63. The normalized spacial score (nSPS) is 28.1. The molecule has 0 saturated carbocycles. The van der Waals surface area contributed by atoms with Gasteiger partial charge in [0.25, 0.3) is 0 Å². The van der Waals surface area contributed by atoms with Crippen molar-refractivity contribution < 1.29 is 20.4 Å². The molecule has 0 fully saturated rings. The summed E-state index contributed by atoms with van der Waals surface area (Å²) >= 11 is 1.51. The van der Waals surface area contributed by atoms with E-state index in [0.717, 1.165) is 4.88 Å². The van der Waals surface area contributed by atoms with Crippen molar-refractivity contribution in [2.24, 2.45) is 4.99 Å². The molecule has 1 aromatic heterocycles. The Morgan fingerprint density at radius 3 is 2.33 bits per heavy atom. The lowest BCUT2D eigenvalue weighted by Gasteiger charge is -2.32. The fourth-order valence-electron chi connectivity index (χ4n) is 1.83. The minimum atomic E-state index is -1.33. The summed E-state index contributed by atoms with van der Waals surface area (Å²) in [7, 11) is 0. The van der Waals surface area contributed by atoms with E-state index in [2.05, 4.69) is 4.99 Å². The molecule has 122 valence electrons. The van der Waals surface area contributed by atoms with Gasteiger partial charge in [-0.3, -0.25) is 4.99 Å². The predicted octanol–water partition coefficient (Wildman–Crippen LogP) is -0.111. The van der Waals surface area contributed by atoms with Gasteiger partial charge in [-0.1, -0.05) is 12.1 Å². The fourth-order valence-corrected chi connectivity index (χ4v) is 2.42. The Morgan fingerprint density at radius 1 is 1.14 bits per heavy atom. The Labute approximate surface area is 148 Å². The van der Waals surface area contributed by atoms with Crippen LogP contribution in [0.5, 0.6) is 0 Å². The maximum Gasteiger partial charge on any atom is 0.112 e. The first-order valence-electron chi connectivity index (χ1n) is 5.56. The molecule has 1 heterocycles. The van der Waals surface area contributed by atoms with Gasteiger partial charge >= 0.3 is 0 Å². The minimum absolute atomic E-state index is 0. The molecule has 21 heavy (non-hydrogen) atoms. The SMILES string of the molecule is OCC1=C[C@H](N=Cc2cccs2)[C@H](O)C(O)[C@@H]1O.S.S.S. The highest BCUT2D eigenvalue weighted by Gasteiger charge is 2.36. The van der Waals surface area contributed by atoms with Crippen LogP contribution in [0.1, 0.15) is 4.88 Å². The molecular formula is C12H21NO4S4. The molecule has 0 aliphatic heterocycles. The summed E-state index contributed by atoms with van der Waals surface area (Å²) in [4.78, 5) is 5.10. The highest BCUT2D eigenvalue weighted by molar-refractivity contribution is 7.59. The van der Waals surface area contributed by atoms with Crippen LogP contribution in [-0.2, 0) is 0 Å². The third kappa shape index (κ3) is 5.61. The lowest BCUT2D eigenvalue weighted by atomic mass is 9.88. The smallest absolute Gasteiger partial charge is 0.112 e. The third-order valence-electron chi connectivity index (χ3n) is 2.89. The van der Waals surface area contributed by atoms with Gasteiger partial charge in [0.15, 0.2) is 0 Å². The van der Waals surface area contributed by atoms with Gasteiger partial charge in [-0.25, -0.2) is 0 Å². The average molecular weight is 372 g/mol. The van der Waals surface area contributed by atoms with Crippen molar-refractivity contribution in [3.63, 3.8) is 0 Å². The second kappa shape index (κ2) is 10.7. The van der Waals surface area contributed by atoms with Crippen LogP contribution in [-0.4, -0.2) is 57.6 Å². The van der Waals surface area contributed by atoms with Crippen molar-refractivity contribution in [3.05, 3.63) is 34.0 Å². The lowest BCUT2D eigenvalue weighted by molar-refractivity contribution is -0.0592. The molecule has 1 unspecified atom stereocenters. The van der Waals surface area contributed by atoms with E-state index in [4.69, 9.17) is 5.11 Å². The van der Waals surface area contributed by atoms with E-state index in [9.17, 15) is 15.3 Å². The predicted molar refractivity (Wildman–Crippen MR) is 100 cm³/mol. The standard InChI is InChI=1S/C12H15NO4S.3H2S/c14-6-7-4-9(11(16)12(17)10(7)15)13-5-8-2-1-3-18-8;;;/h1-5,9-12,14-17H,6H2;3*1H2/t9-,10+,11-,12?;;;/m0.../s1. The minimum Gasteiger partial charge on any atom is -0.392 e. The van der Waals surface area contributed by atoms with E-state index in [1.165, 1.54) is 17.4 Å². The molecule has 4 atom stereocenters. The van der Waals surface area contributed by atoms with Crippen LogP contribution >= 0.6 is 51.8 Å². The fraction of sp³-hybridized carbons (Fsp3) is 0.417. The number of aliphatic hydroxyl groups excluding tert-OH is 4. The molecule has 0 aromatic carbocycles. The first-order valence-corrected chi connectivity index (χ1v) is 6.43.